The zero-order valence-corrected chi connectivity index (χ0v) is 15.8. The van der Waals surface area contributed by atoms with Crippen LogP contribution in [0.5, 0.6) is 0 Å². The molecule has 2 rings (SSSR count). The van der Waals surface area contributed by atoms with Crippen molar-refractivity contribution in [2.75, 3.05) is 0 Å². The molecule has 2 aromatic rings. The summed E-state index contributed by atoms with van der Waals surface area (Å²) in [5.74, 6) is -0.301. The molecule has 0 unspecified atom stereocenters. The van der Waals surface area contributed by atoms with Crippen molar-refractivity contribution in [1.82, 2.24) is 5.43 Å². The maximum atomic E-state index is 11.8. The molecule has 0 aromatic heterocycles. The molecular weight excluding hydrogens is 442 g/mol. The van der Waals surface area contributed by atoms with Gasteiger partial charge in [0.1, 0.15) is 0 Å². The normalized spacial score (nSPS) is 10.8. The quantitative estimate of drug-likeness (QED) is 0.419. The lowest BCUT2D eigenvalue weighted by Crippen LogP contribution is -2.19. The third-order valence-corrected chi connectivity index (χ3v) is 4.87. The predicted octanol–water partition coefficient (Wildman–Crippen LogP) is 4.12. The van der Waals surface area contributed by atoms with Crippen LogP contribution in [0.2, 0.25) is 0 Å². The van der Waals surface area contributed by atoms with Crippen LogP contribution in [0.15, 0.2) is 50.4 Å². The number of nitrogens with one attached hydrogen (secondary N) is 1. The summed E-state index contributed by atoms with van der Waals surface area (Å²) < 4.78 is 1.88. The highest BCUT2D eigenvalue weighted by Gasteiger charge is 2.07. The second-order valence-corrected chi connectivity index (χ2v) is 6.71. The van der Waals surface area contributed by atoms with E-state index in [9.17, 15) is 14.9 Å². The minimum Gasteiger partial charge on any atom is -0.273 e. The Morgan fingerprint density at radius 3 is 2.38 bits per heavy atom. The van der Waals surface area contributed by atoms with E-state index in [1.807, 2.05) is 19.1 Å². The molecule has 0 aliphatic heterocycles. The number of carbonyl (C=O) groups excluding carboxylic acids is 1. The Kier molecular flexibility index (Phi) is 6.22. The van der Waals surface area contributed by atoms with E-state index in [-0.39, 0.29) is 18.0 Å². The first-order chi connectivity index (χ1) is 11.4. The molecule has 1 amide bonds. The number of carbonyl (C=O) groups is 1. The third kappa shape index (κ3) is 4.97. The van der Waals surface area contributed by atoms with Crippen LogP contribution in [-0.2, 0) is 11.2 Å². The highest BCUT2D eigenvalue weighted by atomic mass is 79.9. The molecular formula is C16H13Br2N3O3. The van der Waals surface area contributed by atoms with E-state index in [0.717, 1.165) is 20.1 Å². The van der Waals surface area contributed by atoms with Crippen molar-refractivity contribution in [1.29, 1.82) is 0 Å². The summed E-state index contributed by atoms with van der Waals surface area (Å²) >= 11 is 6.90. The monoisotopic (exact) mass is 453 g/mol. The number of hydrogen-bond acceptors (Lipinski definition) is 4. The van der Waals surface area contributed by atoms with Gasteiger partial charge in [-0.1, -0.05) is 44.0 Å². The van der Waals surface area contributed by atoms with Crippen molar-refractivity contribution >= 4 is 49.7 Å². The Morgan fingerprint density at radius 2 is 1.83 bits per heavy atom. The number of benzene rings is 2. The third-order valence-electron chi connectivity index (χ3n) is 3.22. The van der Waals surface area contributed by atoms with E-state index < -0.39 is 4.92 Å². The standard InChI is InChI=1S/C16H13Br2N3O3/c1-10-14(17)6-12(7-15(10)18)9-19-20-16(22)8-11-2-4-13(5-3-11)21(23)24/h2-7,9H,8H2,1H3,(H,20,22)/b19-9-. The number of nitro groups is 1. The Morgan fingerprint density at radius 1 is 1.25 bits per heavy atom. The van der Waals surface area contributed by atoms with Crippen molar-refractivity contribution in [3.63, 3.8) is 0 Å². The van der Waals surface area contributed by atoms with Gasteiger partial charge >= 0.3 is 0 Å². The molecule has 124 valence electrons. The number of hydrogen-bond donors (Lipinski definition) is 1. The van der Waals surface area contributed by atoms with E-state index in [1.54, 1.807) is 18.3 Å². The van der Waals surface area contributed by atoms with E-state index in [4.69, 9.17) is 0 Å². The van der Waals surface area contributed by atoms with Gasteiger partial charge in [-0.3, -0.25) is 14.9 Å². The fraction of sp³-hybridized carbons (Fsp3) is 0.125. The molecule has 24 heavy (non-hydrogen) atoms. The van der Waals surface area contributed by atoms with Gasteiger partial charge in [-0.15, -0.1) is 0 Å². The van der Waals surface area contributed by atoms with Crippen molar-refractivity contribution in [2.24, 2.45) is 5.10 Å². The van der Waals surface area contributed by atoms with Crippen LogP contribution in [0.4, 0.5) is 5.69 Å². The van der Waals surface area contributed by atoms with E-state index in [0.29, 0.717) is 5.56 Å². The van der Waals surface area contributed by atoms with Gasteiger partial charge in [0.15, 0.2) is 0 Å². The summed E-state index contributed by atoms with van der Waals surface area (Å²) in [5, 5.41) is 14.5. The summed E-state index contributed by atoms with van der Waals surface area (Å²) in [4.78, 5) is 21.9. The van der Waals surface area contributed by atoms with Crippen LogP contribution >= 0.6 is 31.9 Å². The smallest absolute Gasteiger partial charge is 0.269 e. The molecule has 0 bridgehead atoms. The zero-order chi connectivity index (χ0) is 17.7. The van der Waals surface area contributed by atoms with E-state index in [1.165, 1.54) is 12.1 Å². The van der Waals surface area contributed by atoms with E-state index >= 15 is 0 Å². The Balaban J connectivity index is 1.94. The molecule has 8 heteroatoms. The van der Waals surface area contributed by atoms with Crippen molar-refractivity contribution in [3.05, 3.63) is 72.1 Å². The fourth-order valence-corrected chi connectivity index (χ4v) is 3.10. The van der Waals surface area contributed by atoms with Crippen LogP contribution in [-0.4, -0.2) is 17.0 Å². The van der Waals surface area contributed by atoms with Crippen LogP contribution in [0.1, 0.15) is 16.7 Å². The minimum absolute atomic E-state index is 0.00676. The number of halogens is 2. The SMILES string of the molecule is Cc1c(Br)cc(/C=N\NC(=O)Cc2ccc([N+](=O)[O-])cc2)cc1Br. The molecule has 2 aromatic carbocycles. The lowest BCUT2D eigenvalue weighted by atomic mass is 10.1. The summed E-state index contributed by atoms with van der Waals surface area (Å²) in [5.41, 5.74) is 5.01. The molecule has 0 fully saturated rings. The summed E-state index contributed by atoms with van der Waals surface area (Å²) in [7, 11) is 0. The minimum atomic E-state index is -0.480. The Bertz CT molecular complexity index is 782. The molecule has 0 saturated carbocycles. The number of amides is 1. The summed E-state index contributed by atoms with van der Waals surface area (Å²) in [6, 6.07) is 9.63. The number of nitrogens with zero attached hydrogens (tertiary/aromatic N) is 2. The van der Waals surface area contributed by atoms with Gasteiger partial charge in [-0.05, 0) is 35.7 Å². The molecule has 1 N–H and O–H groups in total. The van der Waals surface area contributed by atoms with Gasteiger partial charge in [0.05, 0.1) is 17.6 Å². The maximum Gasteiger partial charge on any atom is 0.269 e. The number of rotatable bonds is 5. The molecule has 0 saturated heterocycles. The first kappa shape index (κ1) is 18.3. The Labute approximate surface area is 155 Å². The second kappa shape index (κ2) is 8.16. The van der Waals surface area contributed by atoms with Gasteiger partial charge in [0.2, 0.25) is 5.91 Å². The number of non-ortho nitro benzene ring substituents is 1. The molecule has 0 heterocycles. The summed E-state index contributed by atoms with van der Waals surface area (Å²) in [6.07, 6.45) is 1.64. The first-order valence-corrected chi connectivity index (χ1v) is 8.46. The number of hydrazone groups is 1. The molecule has 0 aliphatic rings. The average Bonchev–Trinajstić information content (AvgIpc) is 2.53. The molecule has 0 spiro atoms. The predicted molar refractivity (Wildman–Crippen MR) is 99.1 cm³/mol. The largest absolute Gasteiger partial charge is 0.273 e. The maximum absolute atomic E-state index is 11.8. The van der Waals surface area contributed by atoms with Crippen LogP contribution < -0.4 is 5.43 Å². The molecule has 0 atom stereocenters. The molecule has 0 aliphatic carbocycles. The van der Waals surface area contributed by atoms with Gasteiger partial charge < -0.3 is 0 Å². The second-order valence-electron chi connectivity index (χ2n) is 5.00. The van der Waals surface area contributed by atoms with Gasteiger partial charge in [0.25, 0.3) is 5.69 Å². The van der Waals surface area contributed by atoms with Gasteiger partial charge in [-0.25, -0.2) is 5.43 Å². The first-order valence-electron chi connectivity index (χ1n) is 6.87. The average molecular weight is 455 g/mol. The van der Waals surface area contributed by atoms with Crippen LogP contribution in [0, 0.1) is 17.0 Å². The van der Waals surface area contributed by atoms with Crippen molar-refractivity contribution in [2.45, 2.75) is 13.3 Å². The lowest BCUT2D eigenvalue weighted by Gasteiger charge is -2.03. The topological polar surface area (TPSA) is 84.6 Å². The van der Waals surface area contributed by atoms with Crippen molar-refractivity contribution in [3.8, 4) is 0 Å². The zero-order valence-electron chi connectivity index (χ0n) is 12.6. The van der Waals surface area contributed by atoms with Gasteiger partial charge in [-0.2, -0.15) is 5.10 Å². The molecule has 6 nitrogen and oxygen atoms in total. The lowest BCUT2D eigenvalue weighted by molar-refractivity contribution is -0.384. The number of nitro benzene ring substituents is 1. The highest BCUT2D eigenvalue weighted by Crippen LogP contribution is 2.25. The molecule has 0 radical (unpaired) electrons. The van der Waals surface area contributed by atoms with Crippen molar-refractivity contribution < 1.29 is 9.72 Å². The fourth-order valence-electron chi connectivity index (χ4n) is 1.88. The highest BCUT2D eigenvalue weighted by molar-refractivity contribution is 9.11. The summed E-state index contributed by atoms with van der Waals surface area (Å²) in [6.45, 7) is 1.97. The Hall–Kier alpha value is -2.06. The van der Waals surface area contributed by atoms with E-state index in [2.05, 4.69) is 42.4 Å². The van der Waals surface area contributed by atoms with Crippen LogP contribution in [0.25, 0.3) is 0 Å². The van der Waals surface area contributed by atoms with Crippen LogP contribution in [0.3, 0.4) is 0 Å². The van der Waals surface area contributed by atoms with Gasteiger partial charge in [0, 0.05) is 21.1 Å².